The van der Waals surface area contributed by atoms with Crippen LogP contribution in [0.15, 0.2) is 30.3 Å². The first-order valence-electron chi connectivity index (χ1n) is 13.0. The molecule has 2 aliphatic heterocycles. The molecule has 2 aliphatic rings. The fourth-order valence-corrected chi connectivity index (χ4v) is 5.52. The number of para-hydroxylation sites is 1. The van der Waals surface area contributed by atoms with Crippen molar-refractivity contribution in [3.63, 3.8) is 0 Å². The molecule has 0 aliphatic carbocycles. The number of nitrogens with zero attached hydrogens (tertiary/aromatic N) is 7. The first-order chi connectivity index (χ1) is 18.7. The van der Waals surface area contributed by atoms with E-state index in [4.69, 9.17) is 26.1 Å². The molecule has 2 N–H and O–H groups in total. The molecule has 3 aromatic heterocycles. The van der Waals surface area contributed by atoms with E-state index < -0.39 is 0 Å². The van der Waals surface area contributed by atoms with Crippen molar-refractivity contribution in [2.45, 2.75) is 12.8 Å². The zero-order valence-electron chi connectivity index (χ0n) is 21.7. The Morgan fingerprint density at radius 3 is 2.82 bits per heavy atom. The van der Waals surface area contributed by atoms with Crippen molar-refractivity contribution in [1.29, 1.82) is 0 Å². The molecule has 38 heavy (non-hydrogen) atoms. The Bertz CT molecular complexity index is 1440. The van der Waals surface area contributed by atoms with Crippen LogP contribution in [0.1, 0.15) is 12.8 Å². The fourth-order valence-electron chi connectivity index (χ4n) is 5.24. The summed E-state index contributed by atoms with van der Waals surface area (Å²) in [7, 11) is 3.67. The number of nitrogens with one attached hydrogen (secondary N) is 2. The molecule has 0 bridgehead atoms. The monoisotopic (exact) mass is 537 g/mol. The molecular formula is C26H32ClN9O2. The molecule has 4 aromatic rings. The number of piperidine rings is 1. The van der Waals surface area contributed by atoms with E-state index in [9.17, 15) is 0 Å². The largest absolute Gasteiger partial charge is 0.486 e. The summed E-state index contributed by atoms with van der Waals surface area (Å²) in [5.74, 6) is 1.72. The molecule has 11 nitrogen and oxygen atoms in total. The maximum Gasteiger partial charge on any atom is 0.222 e. The van der Waals surface area contributed by atoms with E-state index in [1.54, 1.807) is 11.6 Å². The molecule has 12 heteroatoms. The summed E-state index contributed by atoms with van der Waals surface area (Å²) in [4.78, 5) is 7.11. The summed E-state index contributed by atoms with van der Waals surface area (Å²) >= 11 is 6.68. The quantitative estimate of drug-likeness (QED) is 0.348. The lowest BCUT2D eigenvalue weighted by Crippen LogP contribution is -2.42. The zero-order valence-corrected chi connectivity index (χ0v) is 22.4. The van der Waals surface area contributed by atoms with Crippen LogP contribution in [0.3, 0.4) is 0 Å². The molecule has 1 fully saturated rings. The third-order valence-electron chi connectivity index (χ3n) is 7.39. The maximum atomic E-state index is 6.68. The van der Waals surface area contributed by atoms with Gasteiger partial charge in [-0.05, 0) is 37.9 Å². The van der Waals surface area contributed by atoms with E-state index in [2.05, 4.69) is 60.2 Å². The van der Waals surface area contributed by atoms with Gasteiger partial charge in [0.05, 0.1) is 24.4 Å². The number of hydrogen-bond donors (Lipinski definition) is 2. The van der Waals surface area contributed by atoms with Crippen molar-refractivity contribution < 1.29 is 9.47 Å². The van der Waals surface area contributed by atoms with Gasteiger partial charge in [0.25, 0.3) is 0 Å². The lowest BCUT2D eigenvalue weighted by Gasteiger charge is -2.31. The number of anilines is 2. The smallest absolute Gasteiger partial charge is 0.222 e. The van der Waals surface area contributed by atoms with Crippen LogP contribution in [0, 0.1) is 5.92 Å². The van der Waals surface area contributed by atoms with Gasteiger partial charge in [0, 0.05) is 38.7 Å². The number of rotatable bonds is 8. The van der Waals surface area contributed by atoms with Crippen LogP contribution in [0.4, 0.5) is 11.4 Å². The Labute approximate surface area is 226 Å². The van der Waals surface area contributed by atoms with Crippen LogP contribution in [0.2, 0.25) is 5.15 Å². The highest BCUT2D eigenvalue weighted by molar-refractivity contribution is 6.32. The minimum Gasteiger partial charge on any atom is -0.486 e. The summed E-state index contributed by atoms with van der Waals surface area (Å²) in [5.41, 5.74) is 7.05. The molecule has 1 aromatic carbocycles. The highest BCUT2D eigenvalue weighted by Crippen LogP contribution is 2.40. The zero-order chi connectivity index (χ0) is 26.1. The van der Waals surface area contributed by atoms with E-state index in [0.717, 1.165) is 54.8 Å². The van der Waals surface area contributed by atoms with Gasteiger partial charge < -0.3 is 19.7 Å². The number of halogens is 1. The van der Waals surface area contributed by atoms with E-state index >= 15 is 0 Å². The van der Waals surface area contributed by atoms with Crippen LogP contribution in [0.5, 0.6) is 5.75 Å². The summed E-state index contributed by atoms with van der Waals surface area (Å²) in [5, 5.41) is 20.8. The van der Waals surface area contributed by atoms with Crippen LogP contribution >= 0.6 is 11.6 Å². The second-order valence-corrected chi connectivity index (χ2v) is 10.0. The first kappa shape index (κ1) is 25.1. The Morgan fingerprint density at radius 2 is 2.00 bits per heavy atom. The third kappa shape index (κ3) is 4.71. The molecule has 0 unspecified atom stereocenters. The maximum absolute atomic E-state index is 6.68. The second kappa shape index (κ2) is 10.9. The van der Waals surface area contributed by atoms with Crippen LogP contribution in [-0.4, -0.2) is 89.9 Å². The minimum atomic E-state index is 0.330. The predicted octanol–water partition coefficient (Wildman–Crippen LogP) is 3.10. The number of fused-ring (bicyclic) bond motifs is 4. The number of aromatic nitrogens is 5. The summed E-state index contributed by atoms with van der Waals surface area (Å²) in [6, 6.07) is 10.2. The van der Waals surface area contributed by atoms with Gasteiger partial charge in [-0.3, -0.25) is 5.43 Å². The van der Waals surface area contributed by atoms with Gasteiger partial charge in [0.2, 0.25) is 11.5 Å². The molecule has 6 rings (SSSR count). The minimum absolute atomic E-state index is 0.330. The summed E-state index contributed by atoms with van der Waals surface area (Å²) in [6.07, 6.45) is 2.31. The number of hydrazine groups is 1. The van der Waals surface area contributed by atoms with Crippen LogP contribution in [0.25, 0.3) is 28.1 Å². The number of pyridine rings is 1. The van der Waals surface area contributed by atoms with Gasteiger partial charge in [-0.1, -0.05) is 29.8 Å². The van der Waals surface area contributed by atoms with Gasteiger partial charge in [-0.25, -0.2) is 9.99 Å². The Balaban J connectivity index is 1.31. The van der Waals surface area contributed by atoms with E-state index in [0.29, 0.717) is 60.3 Å². The van der Waals surface area contributed by atoms with E-state index in [-0.39, 0.29) is 0 Å². The van der Waals surface area contributed by atoms with Crippen molar-refractivity contribution in [1.82, 2.24) is 35.2 Å². The van der Waals surface area contributed by atoms with Crippen molar-refractivity contribution in [2.75, 3.05) is 70.3 Å². The van der Waals surface area contributed by atoms with E-state index in [1.807, 2.05) is 13.1 Å². The highest BCUT2D eigenvalue weighted by Gasteiger charge is 2.28. The number of hydrogen-bond acceptors (Lipinski definition) is 10. The normalized spacial score (nSPS) is 16.7. The molecular weight excluding hydrogens is 506 g/mol. The molecule has 5 heterocycles. The lowest BCUT2D eigenvalue weighted by molar-refractivity contribution is 0.141. The third-order valence-corrected chi connectivity index (χ3v) is 7.65. The molecule has 0 saturated carbocycles. The number of methoxy groups -OCH3 is 1. The predicted molar refractivity (Wildman–Crippen MR) is 148 cm³/mol. The van der Waals surface area contributed by atoms with Gasteiger partial charge in [0.15, 0.2) is 10.9 Å². The highest BCUT2D eigenvalue weighted by atomic mass is 35.5. The average molecular weight is 538 g/mol. The summed E-state index contributed by atoms with van der Waals surface area (Å²) < 4.78 is 12.9. The Hall–Kier alpha value is -3.25. The topological polar surface area (TPSA) is 105 Å². The first-order valence-corrected chi connectivity index (χ1v) is 13.4. The molecule has 0 amide bonds. The van der Waals surface area contributed by atoms with Crippen molar-refractivity contribution in [3.05, 3.63) is 35.5 Å². The SMILES string of the molecule is CNN1CCC(CNc2cccc3ccc(-c4nnc5c6c(c(Cl)nn45)N(CCOC)CCO6)nc23)CC1. The molecule has 0 radical (unpaired) electrons. The van der Waals surface area contributed by atoms with Gasteiger partial charge in [0.1, 0.15) is 18.0 Å². The molecule has 200 valence electrons. The molecule has 0 spiro atoms. The van der Waals surface area contributed by atoms with Crippen molar-refractivity contribution in [3.8, 4) is 17.3 Å². The van der Waals surface area contributed by atoms with Crippen molar-refractivity contribution in [2.24, 2.45) is 5.92 Å². The Kier molecular flexibility index (Phi) is 7.16. The second-order valence-electron chi connectivity index (χ2n) is 9.66. The molecule has 0 atom stereocenters. The standard InChI is InChI=1S/C26H32ClN9O2/c1-28-35-10-8-17(9-11-35)16-29-19-5-3-4-18-6-7-20(30-21(18)19)25-31-32-26-23-22(24(27)33-36(25)26)34(12-14-37-2)13-15-38-23/h3-7,17,28-29H,8-16H2,1-2H3. The fraction of sp³-hybridized carbons (Fsp3) is 0.462. The number of benzene rings is 1. The summed E-state index contributed by atoms with van der Waals surface area (Å²) in [6.45, 7) is 5.52. The van der Waals surface area contributed by atoms with Crippen LogP contribution < -0.4 is 20.4 Å². The lowest BCUT2D eigenvalue weighted by atomic mass is 9.97. The van der Waals surface area contributed by atoms with Crippen molar-refractivity contribution >= 4 is 39.5 Å². The van der Waals surface area contributed by atoms with Gasteiger partial charge in [-0.2, -0.15) is 4.52 Å². The van der Waals surface area contributed by atoms with Crippen LogP contribution in [-0.2, 0) is 4.74 Å². The van der Waals surface area contributed by atoms with Gasteiger partial charge >= 0.3 is 0 Å². The number of ether oxygens (including phenoxy) is 2. The Morgan fingerprint density at radius 1 is 1.13 bits per heavy atom. The van der Waals surface area contributed by atoms with E-state index in [1.165, 1.54) is 0 Å². The average Bonchev–Trinajstić information content (AvgIpc) is 3.38. The molecule has 1 saturated heterocycles. The van der Waals surface area contributed by atoms with Gasteiger partial charge in [-0.15, -0.1) is 15.3 Å².